The van der Waals surface area contributed by atoms with E-state index in [1.165, 1.54) is 12.1 Å². The van der Waals surface area contributed by atoms with Crippen molar-refractivity contribution in [3.05, 3.63) is 59.9 Å². The van der Waals surface area contributed by atoms with Gasteiger partial charge >= 0.3 is 5.97 Å². The van der Waals surface area contributed by atoms with Gasteiger partial charge < -0.3 is 5.11 Å². The summed E-state index contributed by atoms with van der Waals surface area (Å²) in [4.78, 5) is 11.3. The summed E-state index contributed by atoms with van der Waals surface area (Å²) >= 11 is 0. The predicted molar refractivity (Wildman–Crippen MR) is 72.5 cm³/mol. The Bertz CT molecular complexity index is 593. The Kier molecular flexibility index (Phi) is 3.95. The minimum atomic E-state index is -0.855. The summed E-state index contributed by atoms with van der Waals surface area (Å²) in [6.45, 7) is 1.83. The second-order valence-electron chi connectivity index (χ2n) is 4.40. The van der Waals surface area contributed by atoms with E-state index in [9.17, 15) is 14.3 Å². The fourth-order valence-corrected chi connectivity index (χ4v) is 2.25. The molecule has 1 atom stereocenters. The highest BCUT2D eigenvalue weighted by Gasteiger charge is 2.20. The molecule has 2 rings (SSSR count). The van der Waals surface area contributed by atoms with Crippen molar-refractivity contribution in [1.82, 2.24) is 0 Å². The van der Waals surface area contributed by atoms with Crippen LogP contribution in [0.5, 0.6) is 0 Å². The Balaban J connectivity index is 2.55. The number of carbonyl (C=O) groups is 1. The second kappa shape index (κ2) is 5.65. The van der Waals surface area contributed by atoms with Gasteiger partial charge in [0.05, 0.1) is 5.92 Å². The van der Waals surface area contributed by atoms with E-state index in [2.05, 4.69) is 0 Å². The van der Waals surface area contributed by atoms with Gasteiger partial charge in [0.25, 0.3) is 0 Å². The highest BCUT2D eigenvalue weighted by Crippen LogP contribution is 2.31. The maximum absolute atomic E-state index is 13.3. The zero-order valence-electron chi connectivity index (χ0n) is 10.6. The van der Waals surface area contributed by atoms with Crippen LogP contribution in [0.3, 0.4) is 0 Å². The molecule has 1 N–H and O–H groups in total. The number of rotatable bonds is 4. The van der Waals surface area contributed by atoms with Gasteiger partial charge in [0, 0.05) is 0 Å². The van der Waals surface area contributed by atoms with Crippen molar-refractivity contribution in [3.63, 3.8) is 0 Å². The number of halogens is 1. The highest BCUT2D eigenvalue weighted by molar-refractivity contribution is 5.81. The molecule has 0 heterocycles. The van der Waals surface area contributed by atoms with Crippen molar-refractivity contribution in [1.29, 1.82) is 0 Å². The van der Waals surface area contributed by atoms with Gasteiger partial charge in [-0.1, -0.05) is 43.3 Å². The highest BCUT2D eigenvalue weighted by atomic mass is 19.1. The molecule has 0 aliphatic heterocycles. The van der Waals surface area contributed by atoms with E-state index in [0.29, 0.717) is 12.0 Å². The molecule has 0 saturated carbocycles. The maximum atomic E-state index is 13.3. The van der Waals surface area contributed by atoms with Crippen LogP contribution in [-0.2, 0) is 4.79 Å². The molecule has 0 aromatic heterocycles. The van der Waals surface area contributed by atoms with Gasteiger partial charge in [0.15, 0.2) is 0 Å². The van der Waals surface area contributed by atoms with Crippen LogP contribution in [0.4, 0.5) is 4.39 Å². The summed E-state index contributed by atoms with van der Waals surface area (Å²) in [6, 6.07) is 13.5. The largest absolute Gasteiger partial charge is 0.481 e. The molecule has 2 nitrogen and oxygen atoms in total. The first-order valence-electron chi connectivity index (χ1n) is 6.21. The predicted octanol–water partition coefficient (Wildman–Crippen LogP) is 4.07. The fourth-order valence-electron chi connectivity index (χ4n) is 2.25. The van der Waals surface area contributed by atoms with Gasteiger partial charge in [-0.05, 0) is 35.2 Å². The molecule has 0 radical (unpaired) electrons. The summed E-state index contributed by atoms with van der Waals surface area (Å²) in [5.74, 6) is -1.75. The molecule has 0 amide bonds. The van der Waals surface area contributed by atoms with Crippen molar-refractivity contribution in [2.24, 2.45) is 0 Å². The Morgan fingerprint density at radius 3 is 2.58 bits per heavy atom. The topological polar surface area (TPSA) is 37.3 Å². The number of carboxylic acids is 1. The molecule has 2 aromatic carbocycles. The lowest BCUT2D eigenvalue weighted by Gasteiger charge is -2.15. The Morgan fingerprint density at radius 1 is 1.21 bits per heavy atom. The van der Waals surface area contributed by atoms with Gasteiger partial charge in [-0.25, -0.2) is 4.39 Å². The van der Waals surface area contributed by atoms with Gasteiger partial charge in [-0.2, -0.15) is 0 Å². The van der Waals surface area contributed by atoms with E-state index in [-0.39, 0.29) is 5.82 Å². The lowest BCUT2D eigenvalue weighted by Crippen LogP contribution is -2.11. The normalized spacial score (nSPS) is 12.1. The SMILES string of the molecule is CCC(C(=O)O)c1ccccc1-c1cccc(F)c1. The third-order valence-electron chi connectivity index (χ3n) is 3.18. The summed E-state index contributed by atoms with van der Waals surface area (Å²) < 4.78 is 13.3. The third kappa shape index (κ3) is 2.81. The number of hydrogen-bond donors (Lipinski definition) is 1. The molecular weight excluding hydrogens is 243 g/mol. The molecule has 0 spiro atoms. The summed E-state index contributed by atoms with van der Waals surface area (Å²) in [5, 5.41) is 9.28. The average molecular weight is 258 g/mol. The molecule has 0 bridgehead atoms. The van der Waals surface area contributed by atoms with E-state index in [1.54, 1.807) is 18.2 Å². The van der Waals surface area contributed by atoms with Crippen LogP contribution in [0, 0.1) is 5.82 Å². The molecule has 19 heavy (non-hydrogen) atoms. The monoisotopic (exact) mass is 258 g/mol. The molecule has 0 aliphatic carbocycles. The molecular formula is C16H15FO2. The van der Waals surface area contributed by atoms with E-state index in [1.807, 2.05) is 25.1 Å². The minimum absolute atomic E-state index is 0.323. The fraction of sp³-hybridized carbons (Fsp3) is 0.188. The van der Waals surface area contributed by atoms with Crippen molar-refractivity contribution in [2.45, 2.75) is 19.3 Å². The van der Waals surface area contributed by atoms with Gasteiger partial charge in [-0.15, -0.1) is 0 Å². The third-order valence-corrected chi connectivity index (χ3v) is 3.18. The van der Waals surface area contributed by atoms with E-state index < -0.39 is 11.9 Å². The molecule has 2 aromatic rings. The van der Waals surface area contributed by atoms with Gasteiger partial charge in [0.1, 0.15) is 5.82 Å². The first-order valence-corrected chi connectivity index (χ1v) is 6.21. The molecule has 0 saturated heterocycles. The van der Waals surface area contributed by atoms with Crippen LogP contribution in [-0.4, -0.2) is 11.1 Å². The quantitative estimate of drug-likeness (QED) is 0.897. The minimum Gasteiger partial charge on any atom is -0.481 e. The van der Waals surface area contributed by atoms with Gasteiger partial charge in [-0.3, -0.25) is 4.79 Å². The zero-order valence-corrected chi connectivity index (χ0v) is 10.6. The van der Waals surface area contributed by atoms with Crippen LogP contribution >= 0.6 is 0 Å². The number of carboxylic acid groups (broad SMARTS) is 1. The van der Waals surface area contributed by atoms with E-state index in [4.69, 9.17) is 0 Å². The lowest BCUT2D eigenvalue weighted by atomic mass is 9.89. The number of benzene rings is 2. The number of aliphatic carboxylic acids is 1. The van der Waals surface area contributed by atoms with E-state index >= 15 is 0 Å². The lowest BCUT2D eigenvalue weighted by molar-refractivity contribution is -0.138. The van der Waals surface area contributed by atoms with E-state index in [0.717, 1.165) is 11.1 Å². The summed E-state index contributed by atoms with van der Waals surface area (Å²) in [6.07, 6.45) is 0.502. The molecule has 0 fully saturated rings. The van der Waals surface area contributed by atoms with Crippen LogP contribution in [0.25, 0.3) is 11.1 Å². The summed E-state index contributed by atoms with van der Waals surface area (Å²) in [5.41, 5.74) is 2.20. The van der Waals surface area contributed by atoms with Crippen molar-refractivity contribution in [2.75, 3.05) is 0 Å². The average Bonchev–Trinajstić information content (AvgIpc) is 2.40. The van der Waals surface area contributed by atoms with Crippen LogP contribution < -0.4 is 0 Å². The zero-order chi connectivity index (χ0) is 13.8. The van der Waals surface area contributed by atoms with Crippen molar-refractivity contribution in [3.8, 4) is 11.1 Å². The number of hydrogen-bond acceptors (Lipinski definition) is 1. The van der Waals surface area contributed by atoms with Crippen molar-refractivity contribution >= 4 is 5.97 Å². The second-order valence-corrected chi connectivity index (χ2v) is 4.40. The molecule has 1 unspecified atom stereocenters. The Labute approximate surface area is 111 Å². The van der Waals surface area contributed by atoms with Crippen LogP contribution in [0.15, 0.2) is 48.5 Å². The van der Waals surface area contributed by atoms with Crippen LogP contribution in [0.1, 0.15) is 24.8 Å². The smallest absolute Gasteiger partial charge is 0.310 e. The maximum Gasteiger partial charge on any atom is 0.310 e. The Morgan fingerprint density at radius 2 is 1.95 bits per heavy atom. The summed E-state index contributed by atoms with van der Waals surface area (Å²) in [7, 11) is 0. The van der Waals surface area contributed by atoms with Gasteiger partial charge in [0.2, 0.25) is 0 Å². The van der Waals surface area contributed by atoms with Crippen molar-refractivity contribution < 1.29 is 14.3 Å². The van der Waals surface area contributed by atoms with Crippen LogP contribution in [0.2, 0.25) is 0 Å². The molecule has 3 heteroatoms. The first-order chi connectivity index (χ1) is 9.13. The molecule has 0 aliphatic rings. The Hall–Kier alpha value is -2.16. The first kappa shape index (κ1) is 13.3. The standard InChI is InChI=1S/C16H15FO2/c1-2-13(16(18)19)15-9-4-3-8-14(15)11-6-5-7-12(17)10-11/h3-10,13H,2H2,1H3,(H,18,19). The molecule has 98 valence electrons.